The van der Waals surface area contributed by atoms with Gasteiger partial charge in [0.25, 0.3) is 0 Å². The van der Waals surface area contributed by atoms with Gasteiger partial charge in [-0.05, 0) is 73.8 Å². The van der Waals surface area contributed by atoms with E-state index in [-0.39, 0.29) is 0 Å². The highest BCUT2D eigenvalue weighted by molar-refractivity contribution is 7.23. The molecule has 45 heavy (non-hydrogen) atoms. The standard InChI is InChI=1S/C43H27NS/c1-3-12-28(13-4-1)40-41-33(20-10-22-39(41)45-43(40)29-14-5-2-6-15-29)32-17-9-16-30(26-32)31-23-24-35-34-18-7-8-19-36(34)42-37(38(35)27-31)21-11-25-44-42/h1-27H. The molecule has 2 heterocycles. The number of nitrogens with zero attached hydrogens (tertiary/aromatic N) is 1. The van der Waals surface area contributed by atoms with Gasteiger partial charge in [-0.25, -0.2) is 0 Å². The number of aromatic nitrogens is 1. The SMILES string of the molecule is c1ccc(-c2sc3cccc(-c4cccc(-c5ccc6c7ccccc7c7ncccc7c6c5)c4)c3c2-c2ccccc2)cc1. The van der Waals surface area contributed by atoms with E-state index in [1.165, 1.54) is 80.8 Å². The molecule has 2 heteroatoms. The van der Waals surface area contributed by atoms with Crippen LogP contribution in [0.3, 0.4) is 0 Å². The van der Waals surface area contributed by atoms with E-state index in [1.54, 1.807) is 0 Å². The maximum Gasteiger partial charge on any atom is 0.0786 e. The zero-order chi connectivity index (χ0) is 29.7. The summed E-state index contributed by atoms with van der Waals surface area (Å²) in [7, 11) is 0. The van der Waals surface area contributed by atoms with Gasteiger partial charge < -0.3 is 0 Å². The highest BCUT2D eigenvalue weighted by atomic mass is 32.1. The maximum absolute atomic E-state index is 4.80. The summed E-state index contributed by atoms with van der Waals surface area (Å²) in [5.41, 5.74) is 9.74. The minimum atomic E-state index is 1.05. The first-order chi connectivity index (χ1) is 22.3. The average molecular weight is 590 g/mol. The van der Waals surface area contributed by atoms with Gasteiger partial charge in [-0.1, -0.05) is 133 Å². The molecule has 0 fully saturated rings. The van der Waals surface area contributed by atoms with Crippen LogP contribution < -0.4 is 0 Å². The molecule has 0 aliphatic heterocycles. The highest BCUT2D eigenvalue weighted by Gasteiger charge is 2.19. The van der Waals surface area contributed by atoms with E-state index in [2.05, 4.69) is 152 Å². The second-order valence-corrected chi connectivity index (χ2v) is 12.6. The van der Waals surface area contributed by atoms with Gasteiger partial charge >= 0.3 is 0 Å². The topological polar surface area (TPSA) is 12.9 Å². The summed E-state index contributed by atoms with van der Waals surface area (Å²) < 4.78 is 1.30. The van der Waals surface area contributed by atoms with Gasteiger partial charge in [0.1, 0.15) is 0 Å². The first-order valence-corrected chi connectivity index (χ1v) is 16.1. The van der Waals surface area contributed by atoms with Crippen molar-refractivity contribution < 1.29 is 0 Å². The molecule has 0 unspecified atom stereocenters. The Hall–Kier alpha value is -5.57. The van der Waals surface area contributed by atoms with Crippen LogP contribution in [-0.2, 0) is 0 Å². The van der Waals surface area contributed by atoms with Crippen molar-refractivity contribution in [3.05, 3.63) is 164 Å². The molecule has 2 aromatic heterocycles. The Morgan fingerprint density at radius 3 is 1.87 bits per heavy atom. The number of thiophene rings is 1. The first-order valence-electron chi connectivity index (χ1n) is 15.3. The number of rotatable bonds is 4. The summed E-state index contributed by atoms with van der Waals surface area (Å²) in [5, 5.41) is 7.43. The molecule has 0 aliphatic carbocycles. The van der Waals surface area contributed by atoms with Crippen LogP contribution in [0.15, 0.2) is 164 Å². The van der Waals surface area contributed by atoms with Crippen molar-refractivity contribution in [3.8, 4) is 43.8 Å². The van der Waals surface area contributed by atoms with Crippen molar-refractivity contribution in [3.63, 3.8) is 0 Å². The molecule has 7 aromatic carbocycles. The molecule has 210 valence electrons. The van der Waals surface area contributed by atoms with Crippen LogP contribution >= 0.6 is 11.3 Å². The molecule has 0 atom stereocenters. The van der Waals surface area contributed by atoms with Gasteiger partial charge in [0.05, 0.1) is 5.52 Å². The summed E-state index contributed by atoms with van der Waals surface area (Å²) in [6, 6.07) is 57.1. The molecular formula is C43H27NS. The highest BCUT2D eigenvalue weighted by Crippen LogP contribution is 2.48. The van der Waals surface area contributed by atoms with Crippen molar-refractivity contribution >= 4 is 53.9 Å². The predicted octanol–water partition coefficient (Wildman–Crippen LogP) is 12.4. The van der Waals surface area contributed by atoms with Crippen molar-refractivity contribution in [1.29, 1.82) is 0 Å². The molecule has 0 amide bonds. The maximum atomic E-state index is 4.80. The minimum absolute atomic E-state index is 1.05. The van der Waals surface area contributed by atoms with Crippen molar-refractivity contribution in [2.24, 2.45) is 0 Å². The zero-order valence-electron chi connectivity index (χ0n) is 24.4. The molecule has 0 aliphatic rings. The Morgan fingerprint density at radius 1 is 0.400 bits per heavy atom. The fraction of sp³-hybridized carbons (Fsp3) is 0. The van der Waals surface area contributed by atoms with Crippen molar-refractivity contribution in [2.45, 2.75) is 0 Å². The summed E-state index contributed by atoms with van der Waals surface area (Å²) >= 11 is 1.88. The van der Waals surface area contributed by atoms with Gasteiger partial charge in [0.15, 0.2) is 0 Å². The number of pyridine rings is 1. The van der Waals surface area contributed by atoms with Gasteiger partial charge in [-0.2, -0.15) is 0 Å². The predicted molar refractivity (Wildman–Crippen MR) is 194 cm³/mol. The van der Waals surface area contributed by atoms with Crippen LogP contribution in [0.1, 0.15) is 0 Å². The van der Waals surface area contributed by atoms with Crippen LogP contribution in [0, 0.1) is 0 Å². The summed E-state index contributed by atoms with van der Waals surface area (Å²) in [5.74, 6) is 0. The smallest absolute Gasteiger partial charge is 0.0786 e. The Labute approximate surface area is 265 Å². The third kappa shape index (κ3) is 4.26. The summed E-state index contributed by atoms with van der Waals surface area (Å²) in [4.78, 5) is 6.11. The third-order valence-corrected chi connectivity index (χ3v) is 10.1. The van der Waals surface area contributed by atoms with Crippen LogP contribution in [0.25, 0.3) is 86.4 Å². The van der Waals surface area contributed by atoms with Gasteiger partial charge in [-0.15, -0.1) is 11.3 Å². The Balaban J connectivity index is 1.25. The fourth-order valence-corrected chi connectivity index (χ4v) is 8.13. The fourth-order valence-electron chi connectivity index (χ4n) is 6.87. The Bertz CT molecular complexity index is 2490. The zero-order valence-corrected chi connectivity index (χ0v) is 25.3. The number of hydrogen-bond donors (Lipinski definition) is 0. The van der Waals surface area contributed by atoms with Gasteiger partial charge in [0.2, 0.25) is 0 Å². The van der Waals surface area contributed by atoms with Crippen molar-refractivity contribution in [2.75, 3.05) is 0 Å². The minimum Gasteiger partial charge on any atom is -0.256 e. The van der Waals surface area contributed by atoms with Crippen LogP contribution in [0.4, 0.5) is 0 Å². The molecule has 0 radical (unpaired) electrons. The van der Waals surface area contributed by atoms with E-state index < -0.39 is 0 Å². The van der Waals surface area contributed by atoms with Crippen molar-refractivity contribution in [1.82, 2.24) is 4.98 Å². The van der Waals surface area contributed by atoms with Crippen LogP contribution in [0.2, 0.25) is 0 Å². The largest absolute Gasteiger partial charge is 0.256 e. The first kappa shape index (κ1) is 25.9. The lowest BCUT2D eigenvalue weighted by Gasteiger charge is -2.13. The van der Waals surface area contributed by atoms with Crippen LogP contribution in [0.5, 0.6) is 0 Å². The normalized spacial score (nSPS) is 11.6. The third-order valence-electron chi connectivity index (χ3n) is 8.91. The molecule has 0 spiro atoms. The summed E-state index contributed by atoms with van der Waals surface area (Å²) in [6.45, 7) is 0. The quantitative estimate of drug-likeness (QED) is 0.186. The second kappa shape index (κ2) is 10.6. The van der Waals surface area contributed by atoms with Crippen LogP contribution in [-0.4, -0.2) is 4.98 Å². The lowest BCUT2D eigenvalue weighted by atomic mass is 9.91. The molecule has 0 N–H and O–H groups in total. The molecule has 1 nitrogen and oxygen atoms in total. The molecule has 9 aromatic rings. The molecule has 0 bridgehead atoms. The van der Waals surface area contributed by atoms with Gasteiger partial charge in [-0.3, -0.25) is 4.98 Å². The lowest BCUT2D eigenvalue weighted by Crippen LogP contribution is -1.88. The van der Waals surface area contributed by atoms with E-state index >= 15 is 0 Å². The van der Waals surface area contributed by atoms with E-state index in [0.29, 0.717) is 0 Å². The molecule has 0 saturated heterocycles. The molecule has 0 saturated carbocycles. The monoisotopic (exact) mass is 589 g/mol. The Morgan fingerprint density at radius 2 is 1.02 bits per heavy atom. The van der Waals surface area contributed by atoms with E-state index in [9.17, 15) is 0 Å². The van der Waals surface area contributed by atoms with E-state index in [4.69, 9.17) is 4.98 Å². The number of fused-ring (bicyclic) bond motifs is 7. The van der Waals surface area contributed by atoms with Gasteiger partial charge in [0, 0.05) is 37.5 Å². The molecular weight excluding hydrogens is 563 g/mol. The summed E-state index contributed by atoms with van der Waals surface area (Å²) in [6.07, 6.45) is 1.89. The number of benzene rings is 7. The average Bonchev–Trinajstić information content (AvgIpc) is 3.52. The lowest BCUT2D eigenvalue weighted by molar-refractivity contribution is 1.43. The molecule has 9 rings (SSSR count). The van der Waals surface area contributed by atoms with E-state index in [0.717, 1.165) is 5.52 Å². The van der Waals surface area contributed by atoms with E-state index in [1.807, 2.05) is 23.6 Å². The number of hydrogen-bond acceptors (Lipinski definition) is 2. The second-order valence-electron chi connectivity index (χ2n) is 11.5. The Kier molecular flexibility index (Phi) is 6.07.